The van der Waals surface area contributed by atoms with E-state index in [1.54, 1.807) is 34.9 Å². The van der Waals surface area contributed by atoms with Gasteiger partial charge >= 0.3 is 6.61 Å². The Kier molecular flexibility index (Phi) is 7.93. The van der Waals surface area contributed by atoms with Gasteiger partial charge in [0, 0.05) is 22.5 Å². The van der Waals surface area contributed by atoms with Crippen LogP contribution in [-0.2, 0) is 0 Å². The maximum atomic E-state index is 13.3. The molecule has 7 nitrogen and oxygen atoms in total. The molecule has 0 atom stereocenters. The number of anilines is 1. The average molecular weight is 547 g/mol. The quantitative estimate of drug-likeness (QED) is 0.236. The fourth-order valence-corrected chi connectivity index (χ4v) is 4.96. The lowest BCUT2D eigenvalue weighted by Gasteiger charge is -2.21. The molecule has 1 N–H and O–H groups in total. The summed E-state index contributed by atoms with van der Waals surface area (Å²) in [5.74, 6) is 0.0348. The van der Waals surface area contributed by atoms with E-state index < -0.39 is 6.61 Å². The highest BCUT2D eigenvalue weighted by Crippen LogP contribution is 2.35. The molecule has 37 heavy (non-hydrogen) atoms. The van der Waals surface area contributed by atoms with Gasteiger partial charge in [0.15, 0.2) is 21.6 Å². The van der Waals surface area contributed by atoms with Crippen molar-refractivity contribution in [3.8, 4) is 11.5 Å². The second kappa shape index (κ2) is 11.0. The number of aromatic nitrogens is 3. The summed E-state index contributed by atoms with van der Waals surface area (Å²) in [6.07, 6.45) is 5.12. The summed E-state index contributed by atoms with van der Waals surface area (Å²) in [4.78, 5) is 23.0. The molecule has 0 unspecified atom stereocenters. The molecule has 1 aromatic carbocycles. The number of imidazole rings is 1. The van der Waals surface area contributed by atoms with Crippen LogP contribution in [0.15, 0.2) is 35.2 Å². The SMILES string of the molecule is CC(C)c1csc(NC(=O)c2c(C=Cc3cccc(OC(F)F)c3OCC(C)(C)C)nc3sccn23)n1. The van der Waals surface area contributed by atoms with Crippen molar-refractivity contribution in [2.45, 2.75) is 47.1 Å². The minimum absolute atomic E-state index is 0.0603. The van der Waals surface area contributed by atoms with Crippen LogP contribution in [0.3, 0.4) is 0 Å². The molecule has 196 valence electrons. The van der Waals surface area contributed by atoms with Gasteiger partial charge in [-0.2, -0.15) is 8.78 Å². The van der Waals surface area contributed by atoms with Gasteiger partial charge in [0.05, 0.1) is 18.0 Å². The Labute approximate surface area is 221 Å². The van der Waals surface area contributed by atoms with Crippen molar-refractivity contribution in [1.82, 2.24) is 14.4 Å². The van der Waals surface area contributed by atoms with Gasteiger partial charge in [0.1, 0.15) is 5.69 Å². The Bertz CT molecular complexity index is 1420. The van der Waals surface area contributed by atoms with Gasteiger partial charge in [0.2, 0.25) is 0 Å². The highest BCUT2D eigenvalue weighted by molar-refractivity contribution is 7.15. The van der Waals surface area contributed by atoms with Crippen molar-refractivity contribution in [2.24, 2.45) is 5.41 Å². The minimum Gasteiger partial charge on any atom is -0.489 e. The molecule has 0 bridgehead atoms. The van der Waals surface area contributed by atoms with Crippen LogP contribution >= 0.6 is 22.7 Å². The highest BCUT2D eigenvalue weighted by atomic mass is 32.1. The number of carbonyl (C=O) groups excluding carboxylic acids is 1. The first-order chi connectivity index (χ1) is 17.5. The summed E-state index contributed by atoms with van der Waals surface area (Å²) in [5, 5.41) is 7.14. The number of ether oxygens (including phenoxy) is 2. The lowest BCUT2D eigenvalue weighted by atomic mass is 9.98. The van der Waals surface area contributed by atoms with Crippen LogP contribution < -0.4 is 14.8 Å². The zero-order valence-corrected chi connectivity index (χ0v) is 22.8. The molecule has 0 radical (unpaired) electrons. The number of hydrogen-bond acceptors (Lipinski definition) is 7. The van der Waals surface area contributed by atoms with Crippen LogP contribution in [-0.4, -0.2) is 33.5 Å². The molecular formula is C26H28F2N4O3S2. The number of nitrogens with zero attached hydrogens (tertiary/aromatic N) is 3. The van der Waals surface area contributed by atoms with Gasteiger partial charge < -0.3 is 9.47 Å². The van der Waals surface area contributed by atoms with Crippen molar-refractivity contribution in [2.75, 3.05) is 11.9 Å². The third-order valence-electron chi connectivity index (χ3n) is 5.13. The van der Waals surface area contributed by atoms with Crippen LogP contribution in [0.25, 0.3) is 17.1 Å². The number of fused-ring (bicyclic) bond motifs is 1. The summed E-state index contributed by atoms with van der Waals surface area (Å²) in [7, 11) is 0. The first-order valence-corrected chi connectivity index (χ1v) is 13.4. The van der Waals surface area contributed by atoms with Crippen molar-refractivity contribution in [3.05, 3.63) is 57.8 Å². The number of carbonyl (C=O) groups is 1. The molecule has 0 saturated heterocycles. The van der Waals surface area contributed by atoms with Crippen molar-refractivity contribution >= 4 is 50.8 Å². The molecule has 4 aromatic rings. The first kappa shape index (κ1) is 26.7. The summed E-state index contributed by atoms with van der Waals surface area (Å²) in [6.45, 7) is 7.31. The lowest BCUT2D eigenvalue weighted by molar-refractivity contribution is -0.0517. The van der Waals surface area contributed by atoms with E-state index in [0.717, 1.165) is 5.69 Å². The van der Waals surface area contributed by atoms with Gasteiger partial charge in [-0.3, -0.25) is 14.5 Å². The van der Waals surface area contributed by atoms with Crippen LogP contribution in [0.1, 0.15) is 68.0 Å². The number of halogens is 2. The van der Waals surface area contributed by atoms with Crippen LogP contribution in [0.5, 0.6) is 11.5 Å². The van der Waals surface area contributed by atoms with Crippen LogP contribution in [0.2, 0.25) is 0 Å². The summed E-state index contributed by atoms with van der Waals surface area (Å²) in [6, 6.07) is 4.77. The second-order valence-electron chi connectivity index (χ2n) is 9.82. The van der Waals surface area contributed by atoms with Gasteiger partial charge in [-0.25, -0.2) is 9.97 Å². The normalized spacial score (nSPS) is 12.2. The van der Waals surface area contributed by atoms with Crippen LogP contribution in [0, 0.1) is 5.41 Å². The maximum Gasteiger partial charge on any atom is 0.387 e. The van der Waals surface area contributed by atoms with E-state index in [2.05, 4.69) is 15.3 Å². The molecule has 4 rings (SSSR count). The van der Waals surface area contributed by atoms with E-state index in [-0.39, 0.29) is 35.3 Å². The Morgan fingerprint density at radius 2 is 1.97 bits per heavy atom. The molecule has 1 amide bonds. The number of nitrogens with one attached hydrogen (secondary N) is 1. The summed E-state index contributed by atoms with van der Waals surface area (Å²) < 4.78 is 38.4. The van der Waals surface area contributed by atoms with Gasteiger partial charge in [-0.15, -0.1) is 22.7 Å². The zero-order chi connectivity index (χ0) is 26.7. The average Bonchev–Trinajstić information content (AvgIpc) is 3.52. The molecule has 0 aliphatic rings. The number of rotatable bonds is 9. The monoisotopic (exact) mass is 546 g/mol. The van der Waals surface area contributed by atoms with E-state index in [1.807, 2.05) is 45.4 Å². The molecule has 11 heteroatoms. The number of amides is 1. The molecule has 0 aliphatic heterocycles. The van der Waals surface area contributed by atoms with Gasteiger partial charge in [-0.1, -0.05) is 46.8 Å². The largest absolute Gasteiger partial charge is 0.489 e. The van der Waals surface area contributed by atoms with Gasteiger partial charge in [-0.05, 0) is 29.6 Å². The van der Waals surface area contributed by atoms with E-state index in [9.17, 15) is 13.6 Å². The lowest BCUT2D eigenvalue weighted by Crippen LogP contribution is -2.18. The van der Waals surface area contributed by atoms with Crippen molar-refractivity contribution < 1.29 is 23.0 Å². The smallest absolute Gasteiger partial charge is 0.387 e. The Hall–Kier alpha value is -3.31. The van der Waals surface area contributed by atoms with Crippen LogP contribution in [0.4, 0.5) is 13.9 Å². The Balaban J connectivity index is 1.68. The van der Waals surface area contributed by atoms with E-state index >= 15 is 0 Å². The predicted octanol–water partition coefficient (Wildman–Crippen LogP) is 7.42. The second-order valence-corrected chi connectivity index (χ2v) is 11.6. The molecule has 0 aliphatic carbocycles. The third kappa shape index (κ3) is 6.53. The summed E-state index contributed by atoms with van der Waals surface area (Å²) in [5.41, 5.74) is 1.98. The fourth-order valence-electron chi connectivity index (χ4n) is 3.37. The summed E-state index contributed by atoms with van der Waals surface area (Å²) >= 11 is 2.76. The van der Waals surface area contributed by atoms with E-state index in [0.29, 0.717) is 27.0 Å². The molecule has 3 heterocycles. The highest BCUT2D eigenvalue weighted by Gasteiger charge is 2.21. The van der Waals surface area contributed by atoms with Crippen molar-refractivity contribution in [3.63, 3.8) is 0 Å². The van der Waals surface area contributed by atoms with Gasteiger partial charge in [0.25, 0.3) is 5.91 Å². The number of benzene rings is 1. The Morgan fingerprint density at radius 3 is 2.65 bits per heavy atom. The number of hydrogen-bond donors (Lipinski definition) is 1. The molecule has 0 spiro atoms. The third-order valence-corrected chi connectivity index (χ3v) is 6.67. The molecule has 0 fully saturated rings. The minimum atomic E-state index is -2.99. The number of thiazole rings is 2. The molecule has 0 saturated carbocycles. The Morgan fingerprint density at radius 1 is 1.19 bits per heavy atom. The standard InChI is InChI=1S/C26H28F2N4O3S2/c1-15(2)18-13-37-24(29-18)31-22(33)20-17(30-25-32(20)11-12-36-25)10-9-16-7-6-8-19(35-23(27)28)21(16)34-14-26(3,4)5/h6-13,15,23H,14H2,1-5H3,(H,29,31,33). The maximum absolute atomic E-state index is 13.3. The van der Waals surface area contributed by atoms with E-state index in [1.165, 1.54) is 28.7 Å². The molecule has 3 aromatic heterocycles. The fraction of sp³-hybridized carbons (Fsp3) is 0.346. The van der Waals surface area contributed by atoms with Crippen molar-refractivity contribution in [1.29, 1.82) is 0 Å². The predicted molar refractivity (Wildman–Crippen MR) is 144 cm³/mol. The van der Waals surface area contributed by atoms with E-state index in [4.69, 9.17) is 9.47 Å². The number of para-hydroxylation sites is 1. The number of alkyl halides is 2. The zero-order valence-electron chi connectivity index (χ0n) is 21.1. The topological polar surface area (TPSA) is 77.8 Å². The molecular weight excluding hydrogens is 518 g/mol. The first-order valence-electron chi connectivity index (χ1n) is 11.6.